The zero-order valence-electron chi connectivity index (χ0n) is 16.7. The normalized spacial score (nSPS) is 27.0. The first kappa shape index (κ1) is 20.8. The third-order valence-electron chi connectivity index (χ3n) is 5.95. The molecule has 3 rings (SSSR count). The fourth-order valence-corrected chi connectivity index (χ4v) is 5.47. The molecule has 1 atom stereocenters. The van der Waals surface area contributed by atoms with E-state index in [-0.39, 0.29) is 12.1 Å². The molecule has 2 saturated heterocycles. The van der Waals surface area contributed by atoms with Crippen LogP contribution < -0.4 is 9.86 Å². The number of hydrogen-bond donors (Lipinski definition) is 2. The van der Waals surface area contributed by atoms with Gasteiger partial charge in [-0.3, -0.25) is 0 Å². The Balaban J connectivity index is 1.37. The zero-order chi connectivity index (χ0) is 19.9. The van der Waals surface area contributed by atoms with E-state index in [0.717, 1.165) is 64.8 Å². The number of amides is 1. The van der Waals surface area contributed by atoms with Crippen LogP contribution in [-0.4, -0.2) is 68.7 Å². The van der Waals surface area contributed by atoms with E-state index in [4.69, 9.17) is 9.88 Å². The van der Waals surface area contributed by atoms with E-state index >= 15 is 0 Å². The Bertz CT molecular complexity index is 645. The van der Waals surface area contributed by atoms with Gasteiger partial charge in [0.05, 0.1) is 0 Å². The molecule has 1 amide bonds. The van der Waals surface area contributed by atoms with E-state index in [1.807, 2.05) is 25.7 Å². The van der Waals surface area contributed by atoms with Crippen LogP contribution in [0.3, 0.4) is 0 Å². The second-order valence-corrected chi connectivity index (χ2v) is 11.0. The standard InChI is InChI=1S/C18H34N4O4S/c1-17(2,3)26-16(23)22-9-6-14(11-22)10-21-12-18(13-21)7-4-15(5-8-18)20-27(19,24)25/h14-15,20H,4-13H2,1-3H3,(H2,19,24,25)/t14-/m0/s1. The smallest absolute Gasteiger partial charge is 0.410 e. The van der Waals surface area contributed by atoms with Crippen LogP contribution in [0.1, 0.15) is 52.9 Å². The summed E-state index contributed by atoms with van der Waals surface area (Å²) in [5.74, 6) is 0.509. The molecule has 1 spiro atoms. The largest absolute Gasteiger partial charge is 0.444 e. The molecule has 9 heteroatoms. The molecule has 0 radical (unpaired) electrons. The maximum Gasteiger partial charge on any atom is 0.410 e. The fourth-order valence-electron chi connectivity index (χ4n) is 4.77. The fraction of sp³-hybridized carbons (Fsp3) is 0.944. The van der Waals surface area contributed by atoms with Gasteiger partial charge in [0, 0.05) is 38.8 Å². The molecule has 1 aliphatic carbocycles. The average Bonchev–Trinajstić information content (AvgIpc) is 2.93. The summed E-state index contributed by atoms with van der Waals surface area (Å²) >= 11 is 0. The predicted molar refractivity (Wildman–Crippen MR) is 103 cm³/mol. The van der Waals surface area contributed by atoms with Crippen LogP contribution in [-0.2, 0) is 14.9 Å². The van der Waals surface area contributed by atoms with Crippen LogP contribution in [0.2, 0.25) is 0 Å². The van der Waals surface area contributed by atoms with Crippen molar-refractivity contribution in [2.24, 2.45) is 16.5 Å². The van der Waals surface area contributed by atoms with Gasteiger partial charge in [-0.05, 0) is 64.2 Å². The molecule has 3 fully saturated rings. The number of carbonyl (C=O) groups is 1. The second-order valence-electron chi connectivity index (χ2n) is 9.69. The van der Waals surface area contributed by atoms with Crippen molar-refractivity contribution in [3.05, 3.63) is 0 Å². The number of nitrogens with one attached hydrogen (secondary N) is 1. The quantitative estimate of drug-likeness (QED) is 0.737. The monoisotopic (exact) mass is 402 g/mol. The third-order valence-corrected chi connectivity index (χ3v) is 6.61. The molecular weight excluding hydrogens is 368 g/mol. The lowest BCUT2D eigenvalue weighted by molar-refractivity contribution is -0.0395. The van der Waals surface area contributed by atoms with E-state index in [0.29, 0.717) is 11.3 Å². The zero-order valence-corrected chi connectivity index (χ0v) is 17.6. The van der Waals surface area contributed by atoms with Gasteiger partial charge in [0.25, 0.3) is 10.2 Å². The minimum absolute atomic E-state index is 0.0168. The van der Waals surface area contributed by atoms with E-state index in [2.05, 4.69) is 9.62 Å². The summed E-state index contributed by atoms with van der Waals surface area (Å²) in [6, 6.07) is -0.0168. The molecule has 0 bridgehead atoms. The number of likely N-dealkylation sites (tertiary alicyclic amines) is 2. The molecule has 3 N–H and O–H groups in total. The highest BCUT2D eigenvalue weighted by Crippen LogP contribution is 2.44. The highest BCUT2D eigenvalue weighted by Gasteiger charge is 2.46. The molecule has 3 aliphatic rings. The summed E-state index contributed by atoms with van der Waals surface area (Å²) in [4.78, 5) is 16.5. The summed E-state index contributed by atoms with van der Waals surface area (Å²) in [6.07, 6.45) is 4.64. The molecule has 8 nitrogen and oxygen atoms in total. The minimum atomic E-state index is -3.60. The van der Waals surface area contributed by atoms with Crippen molar-refractivity contribution in [1.82, 2.24) is 14.5 Å². The molecule has 1 saturated carbocycles. The summed E-state index contributed by atoms with van der Waals surface area (Å²) in [7, 11) is -3.60. The van der Waals surface area contributed by atoms with Gasteiger partial charge in [-0.1, -0.05) is 0 Å². The lowest BCUT2D eigenvalue weighted by Gasteiger charge is -2.54. The van der Waals surface area contributed by atoms with Crippen LogP contribution in [0, 0.1) is 11.3 Å². The number of hydrogen-bond acceptors (Lipinski definition) is 5. The number of nitrogens with two attached hydrogens (primary N) is 1. The summed E-state index contributed by atoms with van der Waals surface area (Å²) in [5, 5.41) is 5.08. The number of nitrogens with zero attached hydrogens (tertiary/aromatic N) is 2. The van der Waals surface area contributed by atoms with Crippen molar-refractivity contribution in [2.75, 3.05) is 32.7 Å². The lowest BCUT2D eigenvalue weighted by Crippen LogP contribution is -2.59. The molecule has 0 aromatic carbocycles. The minimum Gasteiger partial charge on any atom is -0.444 e. The summed E-state index contributed by atoms with van der Waals surface area (Å²) in [5.41, 5.74) is -0.101. The Morgan fingerprint density at radius 3 is 2.41 bits per heavy atom. The van der Waals surface area contributed by atoms with Crippen molar-refractivity contribution in [2.45, 2.75) is 64.5 Å². The molecule has 2 heterocycles. The van der Waals surface area contributed by atoms with Crippen LogP contribution in [0.4, 0.5) is 4.79 Å². The van der Waals surface area contributed by atoms with Gasteiger partial charge < -0.3 is 14.5 Å². The topological polar surface area (TPSA) is 105 Å². The molecule has 2 aliphatic heterocycles. The van der Waals surface area contributed by atoms with Gasteiger partial charge in [0.1, 0.15) is 5.60 Å². The van der Waals surface area contributed by atoms with E-state index in [1.165, 1.54) is 0 Å². The molecule has 0 unspecified atom stereocenters. The van der Waals surface area contributed by atoms with Crippen molar-refractivity contribution < 1.29 is 17.9 Å². The Morgan fingerprint density at radius 1 is 1.22 bits per heavy atom. The van der Waals surface area contributed by atoms with E-state index in [1.54, 1.807) is 0 Å². The number of ether oxygens (including phenoxy) is 1. The molecule has 27 heavy (non-hydrogen) atoms. The molecule has 0 aromatic heterocycles. The van der Waals surface area contributed by atoms with E-state index < -0.39 is 15.8 Å². The third kappa shape index (κ3) is 5.79. The van der Waals surface area contributed by atoms with Gasteiger partial charge in [0.15, 0.2) is 0 Å². The van der Waals surface area contributed by atoms with Gasteiger partial charge in [-0.2, -0.15) is 13.1 Å². The van der Waals surface area contributed by atoms with Crippen molar-refractivity contribution >= 4 is 16.3 Å². The Labute approximate surface area is 163 Å². The predicted octanol–water partition coefficient (Wildman–Crippen LogP) is 1.28. The number of carbonyl (C=O) groups excluding carboxylic acids is 1. The highest BCUT2D eigenvalue weighted by atomic mass is 32.2. The average molecular weight is 403 g/mol. The second kappa shape index (κ2) is 7.50. The Hall–Kier alpha value is -0.900. The molecular formula is C18H34N4O4S. The van der Waals surface area contributed by atoms with Crippen LogP contribution in [0.15, 0.2) is 0 Å². The van der Waals surface area contributed by atoms with Crippen LogP contribution >= 0.6 is 0 Å². The molecule has 156 valence electrons. The number of rotatable bonds is 4. The van der Waals surface area contributed by atoms with Gasteiger partial charge in [-0.15, -0.1) is 0 Å². The maximum absolute atomic E-state index is 12.2. The Morgan fingerprint density at radius 2 is 1.85 bits per heavy atom. The first-order chi connectivity index (χ1) is 12.4. The van der Waals surface area contributed by atoms with E-state index in [9.17, 15) is 13.2 Å². The molecule has 0 aromatic rings. The van der Waals surface area contributed by atoms with Crippen molar-refractivity contribution in [3.8, 4) is 0 Å². The Kier molecular flexibility index (Phi) is 5.78. The van der Waals surface area contributed by atoms with Crippen LogP contribution in [0.5, 0.6) is 0 Å². The maximum atomic E-state index is 12.2. The first-order valence-electron chi connectivity index (χ1n) is 9.93. The SMILES string of the molecule is CC(C)(C)OC(=O)N1CC[C@@H](CN2CC3(CCC(NS(N)(=O)=O)CC3)C2)C1. The highest BCUT2D eigenvalue weighted by molar-refractivity contribution is 7.87. The van der Waals surface area contributed by atoms with Gasteiger partial charge in [0.2, 0.25) is 0 Å². The first-order valence-corrected chi connectivity index (χ1v) is 11.5. The van der Waals surface area contributed by atoms with Crippen molar-refractivity contribution in [3.63, 3.8) is 0 Å². The van der Waals surface area contributed by atoms with Crippen LogP contribution in [0.25, 0.3) is 0 Å². The van der Waals surface area contributed by atoms with Crippen molar-refractivity contribution in [1.29, 1.82) is 0 Å². The van der Waals surface area contributed by atoms with Gasteiger partial charge >= 0.3 is 6.09 Å². The summed E-state index contributed by atoms with van der Waals surface area (Å²) in [6.45, 7) is 10.4. The lowest BCUT2D eigenvalue weighted by atomic mass is 9.67. The summed E-state index contributed by atoms with van der Waals surface area (Å²) < 4.78 is 30.3. The van der Waals surface area contributed by atoms with Gasteiger partial charge in [-0.25, -0.2) is 9.93 Å².